The number of rotatable bonds is 13. The zero-order valence-electron chi connectivity index (χ0n) is 22.9. The van der Waals surface area contributed by atoms with Crippen LogP contribution in [0.3, 0.4) is 0 Å². The van der Waals surface area contributed by atoms with Crippen LogP contribution in [0.4, 0.5) is 0 Å². The van der Waals surface area contributed by atoms with Gasteiger partial charge in [-0.2, -0.15) is 4.31 Å². The SMILES string of the molecule is COc1ccc(CN(C(=O)CN(Cc2ccccc2)S(C)(=O)=O)[C@H](C(=O)NCC(C)C)c2ccccc2)cc1. The maximum absolute atomic E-state index is 14.0. The summed E-state index contributed by atoms with van der Waals surface area (Å²) >= 11 is 0. The van der Waals surface area contributed by atoms with E-state index in [1.54, 1.807) is 31.4 Å². The Balaban J connectivity index is 2.01. The molecule has 3 aromatic carbocycles. The summed E-state index contributed by atoms with van der Waals surface area (Å²) in [5, 5.41) is 2.96. The highest BCUT2D eigenvalue weighted by Gasteiger charge is 2.33. The molecule has 0 aliphatic rings. The fourth-order valence-corrected chi connectivity index (χ4v) is 4.81. The highest BCUT2D eigenvalue weighted by atomic mass is 32.2. The molecule has 3 rings (SSSR count). The van der Waals surface area contributed by atoms with Gasteiger partial charge in [0.05, 0.1) is 19.9 Å². The van der Waals surface area contributed by atoms with Crippen molar-refractivity contribution in [3.63, 3.8) is 0 Å². The highest BCUT2D eigenvalue weighted by molar-refractivity contribution is 7.88. The lowest BCUT2D eigenvalue weighted by Gasteiger charge is -2.33. The number of hydrogen-bond donors (Lipinski definition) is 1. The van der Waals surface area contributed by atoms with Gasteiger partial charge in [0, 0.05) is 19.6 Å². The summed E-state index contributed by atoms with van der Waals surface area (Å²) < 4.78 is 31.9. The van der Waals surface area contributed by atoms with Gasteiger partial charge in [-0.15, -0.1) is 0 Å². The molecule has 0 aliphatic carbocycles. The van der Waals surface area contributed by atoms with Gasteiger partial charge in [0.2, 0.25) is 21.8 Å². The molecule has 1 N–H and O–H groups in total. The summed E-state index contributed by atoms with van der Waals surface area (Å²) in [7, 11) is -2.17. The highest BCUT2D eigenvalue weighted by Crippen LogP contribution is 2.25. The first-order valence-electron chi connectivity index (χ1n) is 12.8. The Bertz CT molecular complexity index is 1310. The van der Waals surface area contributed by atoms with Crippen molar-refractivity contribution in [1.82, 2.24) is 14.5 Å². The summed E-state index contributed by atoms with van der Waals surface area (Å²) in [6, 6.07) is 24.4. The van der Waals surface area contributed by atoms with Gasteiger partial charge in [0.25, 0.3) is 0 Å². The van der Waals surface area contributed by atoms with Crippen molar-refractivity contribution in [2.45, 2.75) is 33.0 Å². The first kappa shape index (κ1) is 29.9. The van der Waals surface area contributed by atoms with Crippen molar-refractivity contribution in [3.8, 4) is 5.75 Å². The minimum atomic E-state index is -3.74. The van der Waals surface area contributed by atoms with Crippen molar-refractivity contribution in [1.29, 1.82) is 0 Å². The Morgan fingerprint density at radius 2 is 1.41 bits per heavy atom. The van der Waals surface area contributed by atoms with E-state index in [1.165, 1.54) is 4.90 Å². The molecule has 0 unspecified atom stereocenters. The van der Waals surface area contributed by atoms with Crippen LogP contribution in [0.2, 0.25) is 0 Å². The standard InChI is InChI=1S/C30H37N3O5S/c1-23(2)19-31-30(35)29(26-13-9-6-10-14-26)33(21-25-15-17-27(38-3)18-16-25)28(34)22-32(39(4,36)37)20-24-11-7-5-8-12-24/h5-18,23,29H,19-22H2,1-4H3,(H,31,35)/t29-/m0/s1. The Kier molecular flexibility index (Phi) is 10.7. The number of carbonyl (C=O) groups excluding carboxylic acids is 2. The van der Waals surface area contributed by atoms with Crippen molar-refractivity contribution in [2.24, 2.45) is 5.92 Å². The van der Waals surface area contributed by atoms with E-state index < -0.39 is 28.5 Å². The third-order valence-corrected chi connectivity index (χ3v) is 7.37. The second-order valence-corrected chi connectivity index (χ2v) is 11.8. The fourth-order valence-electron chi connectivity index (χ4n) is 4.08. The third kappa shape index (κ3) is 8.94. The fraction of sp³-hybridized carbons (Fsp3) is 0.333. The number of methoxy groups -OCH3 is 1. The lowest BCUT2D eigenvalue weighted by atomic mass is 10.0. The molecule has 0 aromatic heterocycles. The normalized spacial score (nSPS) is 12.3. The molecule has 0 fully saturated rings. The summed E-state index contributed by atoms with van der Waals surface area (Å²) in [5.74, 6) is 0.0613. The molecule has 0 spiro atoms. The molecule has 0 radical (unpaired) electrons. The van der Waals surface area contributed by atoms with E-state index >= 15 is 0 Å². The first-order chi connectivity index (χ1) is 18.6. The van der Waals surface area contributed by atoms with Crippen LogP contribution in [0.15, 0.2) is 84.9 Å². The van der Waals surface area contributed by atoms with Gasteiger partial charge in [-0.25, -0.2) is 8.42 Å². The predicted molar refractivity (Wildman–Crippen MR) is 152 cm³/mol. The van der Waals surface area contributed by atoms with E-state index in [-0.39, 0.29) is 24.9 Å². The van der Waals surface area contributed by atoms with E-state index in [4.69, 9.17) is 4.74 Å². The first-order valence-corrected chi connectivity index (χ1v) is 14.7. The van der Waals surface area contributed by atoms with Gasteiger partial charge < -0.3 is 15.0 Å². The number of nitrogens with one attached hydrogen (secondary N) is 1. The Labute approximate surface area is 231 Å². The van der Waals surface area contributed by atoms with Crippen molar-refractivity contribution < 1.29 is 22.7 Å². The molecule has 0 saturated carbocycles. The van der Waals surface area contributed by atoms with Crippen LogP contribution >= 0.6 is 0 Å². The van der Waals surface area contributed by atoms with Gasteiger partial charge in [-0.3, -0.25) is 9.59 Å². The molecular weight excluding hydrogens is 514 g/mol. The third-order valence-electron chi connectivity index (χ3n) is 6.17. The average Bonchev–Trinajstić information content (AvgIpc) is 2.92. The van der Waals surface area contributed by atoms with E-state index in [0.29, 0.717) is 17.9 Å². The molecule has 8 nitrogen and oxygen atoms in total. The molecule has 1 atom stereocenters. The Hall–Kier alpha value is -3.69. The van der Waals surface area contributed by atoms with Crippen LogP contribution < -0.4 is 10.1 Å². The van der Waals surface area contributed by atoms with E-state index in [1.807, 2.05) is 74.5 Å². The Morgan fingerprint density at radius 3 is 1.95 bits per heavy atom. The van der Waals surface area contributed by atoms with E-state index in [9.17, 15) is 18.0 Å². The molecule has 0 heterocycles. The van der Waals surface area contributed by atoms with Crippen molar-refractivity contribution in [2.75, 3.05) is 26.5 Å². The minimum absolute atomic E-state index is 0.0390. The summed E-state index contributed by atoms with van der Waals surface area (Å²) in [5.41, 5.74) is 2.16. The van der Waals surface area contributed by atoms with Crippen LogP contribution in [0, 0.1) is 5.92 Å². The molecule has 2 amide bonds. The van der Waals surface area contributed by atoms with Crippen LogP contribution in [-0.4, -0.2) is 55.9 Å². The maximum Gasteiger partial charge on any atom is 0.247 e. The molecule has 0 saturated heterocycles. The van der Waals surface area contributed by atoms with E-state index in [2.05, 4.69) is 5.32 Å². The largest absolute Gasteiger partial charge is 0.497 e. The number of sulfonamides is 1. The molecular formula is C30H37N3O5S. The predicted octanol–water partition coefficient (Wildman–Crippen LogP) is 4.00. The monoisotopic (exact) mass is 551 g/mol. The number of amides is 2. The number of carbonyl (C=O) groups is 2. The lowest BCUT2D eigenvalue weighted by Crippen LogP contribution is -2.48. The second-order valence-electron chi connectivity index (χ2n) is 9.84. The van der Waals surface area contributed by atoms with Crippen LogP contribution in [-0.2, 0) is 32.7 Å². The maximum atomic E-state index is 14.0. The molecule has 39 heavy (non-hydrogen) atoms. The van der Waals surface area contributed by atoms with Crippen molar-refractivity contribution >= 4 is 21.8 Å². The lowest BCUT2D eigenvalue weighted by molar-refractivity contribution is -0.141. The van der Waals surface area contributed by atoms with Gasteiger partial charge in [0.1, 0.15) is 11.8 Å². The topological polar surface area (TPSA) is 96.0 Å². The molecule has 0 bridgehead atoms. The number of benzene rings is 3. The number of hydrogen-bond acceptors (Lipinski definition) is 5. The summed E-state index contributed by atoms with van der Waals surface area (Å²) in [6.07, 6.45) is 1.08. The smallest absolute Gasteiger partial charge is 0.247 e. The Morgan fingerprint density at radius 1 is 0.846 bits per heavy atom. The molecule has 9 heteroatoms. The van der Waals surface area contributed by atoms with Gasteiger partial charge >= 0.3 is 0 Å². The van der Waals surface area contributed by atoms with Gasteiger partial charge in [-0.1, -0.05) is 86.6 Å². The molecule has 3 aromatic rings. The zero-order valence-corrected chi connectivity index (χ0v) is 23.7. The van der Waals surface area contributed by atoms with Gasteiger partial charge in [0.15, 0.2) is 0 Å². The quantitative estimate of drug-likeness (QED) is 0.347. The summed E-state index contributed by atoms with van der Waals surface area (Å²) in [6.45, 7) is 4.15. The van der Waals surface area contributed by atoms with Crippen LogP contribution in [0.5, 0.6) is 5.75 Å². The van der Waals surface area contributed by atoms with Crippen LogP contribution in [0.1, 0.15) is 36.6 Å². The minimum Gasteiger partial charge on any atom is -0.497 e. The second kappa shape index (κ2) is 13.9. The average molecular weight is 552 g/mol. The molecule has 0 aliphatic heterocycles. The van der Waals surface area contributed by atoms with Crippen molar-refractivity contribution in [3.05, 3.63) is 102 Å². The molecule has 208 valence electrons. The van der Waals surface area contributed by atoms with E-state index in [0.717, 1.165) is 21.7 Å². The number of nitrogens with zero attached hydrogens (tertiary/aromatic N) is 2. The zero-order chi connectivity index (χ0) is 28.4. The van der Waals surface area contributed by atoms with Crippen LogP contribution in [0.25, 0.3) is 0 Å². The van der Waals surface area contributed by atoms with Gasteiger partial charge in [-0.05, 0) is 34.7 Å². The summed E-state index contributed by atoms with van der Waals surface area (Å²) in [4.78, 5) is 29.0. The number of ether oxygens (including phenoxy) is 1.